The first-order valence-corrected chi connectivity index (χ1v) is 8.32. The van der Waals surface area contributed by atoms with Crippen LogP contribution in [0.15, 0.2) is 33.6 Å². The maximum Gasteiger partial charge on any atom is 0.230 e. The quantitative estimate of drug-likeness (QED) is 0.855. The van der Waals surface area contributed by atoms with Crippen LogP contribution in [-0.4, -0.2) is 29.9 Å². The molecule has 5 heteroatoms. The Morgan fingerprint density at radius 3 is 3.05 bits per heavy atom. The summed E-state index contributed by atoms with van der Waals surface area (Å²) in [6.07, 6.45) is 3.87. The number of rotatable bonds is 4. The van der Waals surface area contributed by atoms with Gasteiger partial charge in [0.25, 0.3) is 0 Å². The highest BCUT2D eigenvalue weighted by Gasteiger charge is 2.41. The van der Waals surface area contributed by atoms with E-state index in [1.807, 2.05) is 24.3 Å². The molecule has 0 saturated carbocycles. The van der Waals surface area contributed by atoms with Crippen molar-refractivity contribution in [1.82, 2.24) is 5.32 Å². The van der Waals surface area contributed by atoms with Crippen LogP contribution in [0.25, 0.3) is 0 Å². The van der Waals surface area contributed by atoms with Crippen LogP contribution < -0.4 is 5.32 Å². The molecule has 2 heterocycles. The van der Waals surface area contributed by atoms with Gasteiger partial charge < -0.3 is 10.1 Å². The highest BCUT2D eigenvalue weighted by Crippen LogP contribution is 2.34. The summed E-state index contributed by atoms with van der Waals surface area (Å²) in [5, 5.41) is 3.10. The van der Waals surface area contributed by atoms with E-state index < -0.39 is 0 Å². The molecule has 2 aliphatic rings. The number of carbonyl (C=O) groups excluding carboxylic acids is 1. The monoisotopic (exact) mass is 341 g/mol. The highest BCUT2D eigenvalue weighted by atomic mass is 79.9. The van der Waals surface area contributed by atoms with Crippen molar-refractivity contribution in [2.45, 2.75) is 42.4 Å². The summed E-state index contributed by atoms with van der Waals surface area (Å²) in [4.78, 5) is 13.0. The first-order chi connectivity index (χ1) is 9.20. The predicted molar refractivity (Wildman–Crippen MR) is 79.3 cm³/mol. The van der Waals surface area contributed by atoms with E-state index in [2.05, 4.69) is 21.2 Å². The first kappa shape index (κ1) is 13.5. The Kier molecular flexibility index (Phi) is 4.15. The van der Waals surface area contributed by atoms with E-state index in [0.717, 1.165) is 28.6 Å². The Bertz CT molecular complexity index is 482. The minimum atomic E-state index is 0.103. The number of hydrogen-bond donors (Lipinski definition) is 1. The van der Waals surface area contributed by atoms with Gasteiger partial charge in [-0.2, -0.15) is 0 Å². The van der Waals surface area contributed by atoms with Crippen molar-refractivity contribution in [2.24, 2.45) is 0 Å². The number of fused-ring (bicyclic) bond motifs is 2. The summed E-state index contributed by atoms with van der Waals surface area (Å²) in [5.74, 6) is 0.566. The molecule has 3 nitrogen and oxygen atoms in total. The molecule has 2 fully saturated rings. The third kappa shape index (κ3) is 3.33. The fourth-order valence-electron chi connectivity index (χ4n) is 2.74. The third-order valence-corrected chi connectivity index (χ3v) is 5.11. The third-order valence-electron chi connectivity index (χ3n) is 3.62. The van der Waals surface area contributed by atoms with E-state index in [9.17, 15) is 4.79 Å². The summed E-state index contributed by atoms with van der Waals surface area (Å²) in [6, 6.07) is 8.24. The molecular formula is C14H16BrNO2S. The van der Waals surface area contributed by atoms with Crippen molar-refractivity contribution in [1.29, 1.82) is 0 Å². The Balaban J connectivity index is 1.47. The van der Waals surface area contributed by atoms with Gasteiger partial charge in [0.2, 0.25) is 5.91 Å². The van der Waals surface area contributed by atoms with Crippen LogP contribution in [0.5, 0.6) is 0 Å². The molecule has 1 N–H and O–H groups in total. The van der Waals surface area contributed by atoms with Crippen LogP contribution in [0.3, 0.4) is 0 Å². The van der Waals surface area contributed by atoms with Gasteiger partial charge in [-0.3, -0.25) is 4.79 Å². The molecule has 1 amide bonds. The normalized spacial score (nSPS) is 28.6. The second-order valence-corrected chi connectivity index (χ2v) is 6.99. The van der Waals surface area contributed by atoms with Crippen LogP contribution in [-0.2, 0) is 9.53 Å². The van der Waals surface area contributed by atoms with E-state index in [1.165, 1.54) is 0 Å². The number of ether oxygens (including phenoxy) is 1. The van der Waals surface area contributed by atoms with Gasteiger partial charge in [0, 0.05) is 9.37 Å². The van der Waals surface area contributed by atoms with E-state index in [0.29, 0.717) is 11.9 Å². The Hall–Kier alpha value is -0.520. The number of benzene rings is 1. The van der Waals surface area contributed by atoms with Crippen LogP contribution in [0.4, 0.5) is 0 Å². The van der Waals surface area contributed by atoms with E-state index in [-0.39, 0.29) is 18.1 Å². The zero-order chi connectivity index (χ0) is 13.2. The summed E-state index contributed by atoms with van der Waals surface area (Å²) in [6.45, 7) is 0. The predicted octanol–water partition coefficient (Wildman–Crippen LogP) is 2.98. The highest BCUT2D eigenvalue weighted by molar-refractivity contribution is 9.10. The summed E-state index contributed by atoms with van der Waals surface area (Å²) in [7, 11) is 0. The maximum absolute atomic E-state index is 11.9. The van der Waals surface area contributed by atoms with Crippen molar-refractivity contribution in [2.75, 3.05) is 5.75 Å². The molecule has 3 rings (SSSR count). The average Bonchev–Trinajstić information content (AvgIpc) is 2.99. The molecular weight excluding hydrogens is 326 g/mol. The molecule has 1 aromatic carbocycles. The van der Waals surface area contributed by atoms with E-state index >= 15 is 0 Å². The number of halogens is 1. The first-order valence-electron chi connectivity index (χ1n) is 6.54. The van der Waals surface area contributed by atoms with Crippen molar-refractivity contribution in [3.8, 4) is 0 Å². The second kappa shape index (κ2) is 5.85. The minimum Gasteiger partial charge on any atom is -0.373 e. The molecule has 1 aromatic rings. The van der Waals surface area contributed by atoms with Crippen LogP contribution in [0, 0.1) is 0 Å². The number of hydrogen-bond acceptors (Lipinski definition) is 3. The molecule has 2 bridgehead atoms. The van der Waals surface area contributed by atoms with Crippen molar-refractivity contribution in [3.05, 3.63) is 28.7 Å². The molecule has 3 unspecified atom stereocenters. The summed E-state index contributed by atoms with van der Waals surface area (Å²) < 4.78 is 6.78. The molecule has 0 aliphatic carbocycles. The number of amides is 1. The smallest absolute Gasteiger partial charge is 0.230 e. The molecule has 3 atom stereocenters. The van der Waals surface area contributed by atoms with Gasteiger partial charge in [0.1, 0.15) is 0 Å². The van der Waals surface area contributed by atoms with Gasteiger partial charge in [-0.05, 0) is 37.5 Å². The maximum atomic E-state index is 11.9. The topological polar surface area (TPSA) is 38.3 Å². The van der Waals surface area contributed by atoms with Crippen molar-refractivity contribution >= 4 is 33.6 Å². The lowest BCUT2D eigenvalue weighted by Gasteiger charge is -2.19. The number of nitrogens with one attached hydrogen (secondary N) is 1. The molecule has 0 radical (unpaired) electrons. The molecule has 0 aromatic heterocycles. The molecule has 2 aliphatic heterocycles. The molecule has 0 spiro atoms. The van der Waals surface area contributed by atoms with Crippen LogP contribution in [0.2, 0.25) is 0 Å². The van der Waals surface area contributed by atoms with E-state index in [4.69, 9.17) is 4.74 Å². The lowest BCUT2D eigenvalue weighted by atomic mass is 9.95. The molecule has 102 valence electrons. The van der Waals surface area contributed by atoms with Gasteiger partial charge >= 0.3 is 0 Å². The standard InChI is InChI=1S/C14H16BrNO2S/c15-9-2-1-3-11(6-9)19-8-14(17)16-12-7-10-4-5-13(12)18-10/h1-3,6,10,12-13H,4-5,7-8H2,(H,16,17). The van der Waals surface area contributed by atoms with Crippen LogP contribution >= 0.6 is 27.7 Å². The van der Waals surface area contributed by atoms with Gasteiger partial charge in [-0.1, -0.05) is 22.0 Å². The van der Waals surface area contributed by atoms with Gasteiger partial charge in [-0.25, -0.2) is 0 Å². The molecule has 19 heavy (non-hydrogen) atoms. The summed E-state index contributed by atoms with van der Waals surface area (Å²) >= 11 is 5.00. The Morgan fingerprint density at radius 1 is 1.47 bits per heavy atom. The SMILES string of the molecule is O=C(CSc1cccc(Br)c1)NC1CC2CCC1O2. The fourth-order valence-corrected chi connectivity index (χ4v) is 4.06. The van der Waals surface area contributed by atoms with Crippen molar-refractivity contribution < 1.29 is 9.53 Å². The van der Waals surface area contributed by atoms with Crippen LogP contribution in [0.1, 0.15) is 19.3 Å². The lowest BCUT2D eigenvalue weighted by molar-refractivity contribution is -0.119. The van der Waals surface area contributed by atoms with Gasteiger partial charge in [0.05, 0.1) is 24.0 Å². The number of carbonyl (C=O) groups is 1. The minimum absolute atomic E-state index is 0.103. The summed E-state index contributed by atoms with van der Waals surface area (Å²) in [5.41, 5.74) is 0. The lowest BCUT2D eigenvalue weighted by Crippen LogP contribution is -2.42. The number of thioether (sulfide) groups is 1. The fraction of sp³-hybridized carbons (Fsp3) is 0.500. The van der Waals surface area contributed by atoms with Crippen molar-refractivity contribution in [3.63, 3.8) is 0 Å². The zero-order valence-corrected chi connectivity index (χ0v) is 12.9. The molecule has 2 saturated heterocycles. The van der Waals surface area contributed by atoms with Gasteiger partial charge in [-0.15, -0.1) is 11.8 Å². The van der Waals surface area contributed by atoms with E-state index in [1.54, 1.807) is 11.8 Å². The zero-order valence-electron chi connectivity index (χ0n) is 10.5. The largest absolute Gasteiger partial charge is 0.373 e. The average molecular weight is 342 g/mol. The Labute approximate surface area is 125 Å². The Morgan fingerprint density at radius 2 is 2.37 bits per heavy atom. The van der Waals surface area contributed by atoms with Gasteiger partial charge in [0.15, 0.2) is 0 Å². The second-order valence-electron chi connectivity index (χ2n) is 5.03.